The van der Waals surface area contributed by atoms with Crippen molar-refractivity contribution in [3.05, 3.63) is 45.5 Å². The van der Waals surface area contributed by atoms with E-state index < -0.39 is 0 Å². The number of benzene rings is 1. The fourth-order valence-corrected chi connectivity index (χ4v) is 1.97. The molecule has 19 heavy (non-hydrogen) atoms. The van der Waals surface area contributed by atoms with Gasteiger partial charge < -0.3 is 10.3 Å². The molecule has 0 amide bonds. The van der Waals surface area contributed by atoms with Gasteiger partial charge in [-0.25, -0.2) is 0 Å². The minimum atomic E-state index is 0.0540. The highest BCUT2D eigenvalue weighted by molar-refractivity contribution is 6.42. The second kappa shape index (κ2) is 6.37. The maximum atomic E-state index is 5.96. The third-order valence-corrected chi connectivity index (χ3v) is 3.56. The molecule has 1 aromatic heterocycles. The third kappa shape index (κ3) is 3.93. The molecule has 0 bridgehead atoms. The fraction of sp³-hybridized carbons (Fsp3) is 0.385. The highest BCUT2D eigenvalue weighted by atomic mass is 35.5. The molecule has 0 saturated heterocycles. The molecular formula is C13H15Cl2N3O. The van der Waals surface area contributed by atoms with Crippen molar-refractivity contribution in [2.45, 2.75) is 32.2 Å². The highest BCUT2D eigenvalue weighted by Gasteiger charge is 2.11. The number of nitrogens with zero attached hydrogens (tertiary/aromatic N) is 2. The van der Waals surface area contributed by atoms with Crippen molar-refractivity contribution in [3.8, 4) is 0 Å². The molecule has 1 atom stereocenters. The van der Waals surface area contributed by atoms with Crippen molar-refractivity contribution in [3.63, 3.8) is 0 Å². The van der Waals surface area contributed by atoms with E-state index in [1.165, 1.54) is 0 Å². The summed E-state index contributed by atoms with van der Waals surface area (Å²) in [4.78, 5) is 4.31. The molecular weight excluding hydrogens is 285 g/mol. The van der Waals surface area contributed by atoms with Gasteiger partial charge in [-0.1, -0.05) is 41.3 Å². The first-order valence-electron chi connectivity index (χ1n) is 6.09. The average molecular weight is 300 g/mol. The van der Waals surface area contributed by atoms with Crippen LogP contribution in [0.2, 0.25) is 10.0 Å². The Hall–Kier alpha value is -1.10. The maximum Gasteiger partial charge on any atom is 0.228 e. The first kappa shape index (κ1) is 14.3. The summed E-state index contributed by atoms with van der Waals surface area (Å²) < 4.78 is 5.16. The molecule has 1 unspecified atom stereocenters. The lowest BCUT2D eigenvalue weighted by Gasteiger charge is -2.02. The zero-order valence-electron chi connectivity index (χ0n) is 10.6. The van der Waals surface area contributed by atoms with Gasteiger partial charge in [-0.3, -0.25) is 0 Å². The first-order valence-corrected chi connectivity index (χ1v) is 6.85. The smallest absolute Gasteiger partial charge is 0.228 e. The van der Waals surface area contributed by atoms with Gasteiger partial charge in [0.15, 0.2) is 5.82 Å². The lowest BCUT2D eigenvalue weighted by atomic mass is 10.1. The van der Waals surface area contributed by atoms with Crippen LogP contribution < -0.4 is 5.73 Å². The second-order valence-electron chi connectivity index (χ2n) is 4.40. The lowest BCUT2D eigenvalue weighted by molar-refractivity contribution is 0.363. The molecule has 0 aliphatic rings. The predicted octanol–water partition coefficient (Wildman–Crippen LogP) is 3.25. The Labute approximate surface area is 121 Å². The summed E-state index contributed by atoms with van der Waals surface area (Å²) in [6.45, 7) is 2.03. The van der Waals surface area contributed by atoms with E-state index in [0.29, 0.717) is 34.6 Å². The van der Waals surface area contributed by atoms with Crippen LogP contribution in [0.15, 0.2) is 22.7 Å². The van der Waals surface area contributed by atoms with Gasteiger partial charge in [0.25, 0.3) is 0 Å². The van der Waals surface area contributed by atoms with E-state index >= 15 is 0 Å². The van der Waals surface area contributed by atoms with Gasteiger partial charge in [0.05, 0.1) is 10.0 Å². The number of nitrogens with two attached hydrogens (primary N) is 1. The maximum absolute atomic E-state index is 5.96. The van der Waals surface area contributed by atoms with Crippen LogP contribution in [0, 0.1) is 0 Å². The van der Waals surface area contributed by atoms with Crippen LogP contribution in [0.3, 0.4) is 0 Å². The largest absolute Gasteiger partial charge is 0.339 e. The van der Waals surface area contributed by atoms with Gasteiger partial charge in [-0.2, -0.15) is 4.98 Å². The van der Waals surface area contributed by atoms with Crippen LogP contribution in [-0.4, -0.2) is 16.2 Å². The van der Waals surface area contributed by atoms with Crippen molar-refractivity contribution in [2.75, 3.05) is 0 Å². The van der Waals surface area contributed by atoms with E-state index in [1.54, 1.807) is 12.1 Å². The number of aromatic nitrogens is 2. The van der Waals surface area contributed by atoms with E-state index in [4.69, 9.17) is 33.5 Å². The van der Waals surface area contributed by atoms with Crippen LogP contribution in [0.25, 0.3) is 0 Å². The quantitative estimate of drug-likeness (QED) is 0.920. The lowest BCUT2D eigenvalue weighted by Crippen LogP contribution is -2.21. The monoisotopic (exact) mass is 299 g/mol. The summed E-state index contributed by atoms with van der Waals surface area (Å²) in [6, 6.07) is 5.51. The third-order valence-electron chi connectivity index (χ3n) is 2.82. The molecule has 0 radical (unpaired) electrons. The highest BCUT2D eigenvalue weighted by Crippen LogP contribution is 2.23. The Morgan fingerprint density at radius 1 is 1.32 bits per heavy atom. The van der Waals surface area contributed by atoms with Crippen LogP contribution in [0.5, 0.6) is 0 Å². The van der Waals surface area contributed by atoms with Gasteiger partial charge in [0, 0.05) is 18.9 Å². The topological polar surface area (TPSA) is 64.9 Å². The Balaban J connectivity index is 2.05. The van der Waals surface area contributed by atoms with Crippen molar-refractivity contribution in [1.29, 1.82) is 0 Å². The number of rotatable bonds is 5. The molecule has 102 valence electrons. The van der Waals surface area contributed by atoms with Gasteiger partial charge in [-0.15, -0.1) is 0 Å². The minimum Gasteiger partial charge on any atom is -0.339 e. The molecule has 1 aromatic carbocycles. The average Bonchev–Trinajstić information content (AvgIpc) is 2.81. The van der Waals surface area contributed by atoms with Crippen LogP contribution in [0.1, 0.15) is 30.6 Å². The molecule has 2 N–H and O–H groups in total. The van der Waals surface area contributed by atoms with Gasteiger partial charge in [0.2, 0.25) is 5.89 Å². The molecule has 0 spiro atoms. The Kier molecular flexibility index (Phi) is 4.80. The predicted molar refractivity (Wildman–Crippen MR) is 75.5 cm³/mol. The minimum absolute atomic E-state index is 0.0540. The molecule has 2 aromatic rings. The van der Waals surface area contributed by atoms with Gasteiger partial charge in [0.1, 0.15) is 0 Å². The van der Waals surface area contributed by atoms with E-state index in [1.807, 2.05) is 13.0 Å². The summed E-state index contributed by atoms with van der Waals surface area (Å²) in [7, 11) is 0. The Bertz CT molecular complexity index is 557. The molecule has 0 fully saturated rings. The zero-order valence-corrected chi connectivity index (χ0v) is 12.1. The summed E-state index contributed by atoms with van der Waals surface area (Å²) in [6.07, 6.45) is 2.04. The van der Waals surface area contributed by atoms with Crippen molar-refractivity contribution in [1.82, 2.24) is 10.1 Å². The standard InChI is InChI=1S/C13H15Cl2N3O/c1-2-9(16)7-13-17-12(18-19-13)6-8-3-4-10(14)11(15)5-8/h3-5,9H,2,6-7,16H2,1H3. The zero-order chi connectivity index (χ0) is 13.8. The van der Waals surface area contributed by atoms with E-state index in [-0.39, 0.29) is 6.04 Å². The van der Waals surface area contributed by atoms with Gasteiger partial charge in [-0.05, 0) is 24.1 Å². The summed E-state index contributed by atoms with van der Waals surface area (Å²) in [5.74, 6) is 1.20. The van der Waals surface area contributed by atoms with E-state index in [0.717, 1.165) is 12.0 Å². The Morgan fingerprint density at radius 2 is 2.11 bits per heavy atom. The molecule has 1 heterocycles. The molecule has 0 aliphatic heterocycles. The SMILES string of the molecule is CCC(N)Cc1nc(Cc2ccc(Cl)c(Cl)c2)no1. The molecule has 2 rings (SSSR count). The number of hydrogen-bond donors (Lipinski definition) is 1. The van der Waals surface area contributed by atoms with Crippen molar-refractivity contribution >= 4 is 23.2 Å². The van der Waals surface area contributed by atoms with E-state index in [9.17, 15) is 0 Å². The van der Waals surface area contributed by atoms with E-state index in [2.05, 4.69) is 10.1 Å². The number of halogens is 2. The van der Waals surface area contributed by atoms with Gasteiger partial charge >= 0.3 is 0 Å². The van der Waals surface area contributed by atoms with Crippen LogP contribution in [0.4, 0.5) is 0 Å². The molecule has 4 nitrogen and oxygen atoms in total. The number of hydrogen-bond acceptors (Lipinski definition) is 4. The fourth-order valence-electron chi connectivity index (χ4n) is 1.65. The summed E-state index contributed by atoms with van der Waals surface area (Å²) in [5, 5.41) is 4.99. The molecule has 0 aliphatic carbocycles. The molecule has 0 saturated carbocycles. The Morgan fingerprint density at radius 3 is 2.79 bits per heavy atom. The van der Waals surface area contributed by atoms with Crippen molar-refractivity contribution in [2.24, 2.45) is 5.73 Å². The van der Waals surface area contributed by atoms with Crippen LogP contribution >= 0.6 is 23.2 Å². The molecule has 6 heteroatoms. The van der Waals surface area contributed by atoms with Crippen molar-refractivity contribution < 1.29 is 4.52 Å². The van der Waals surface area contributed by atoms with Crippen LogP contribution in [-0.2, 0) is 12.8 Å². The first-order chi connectivity index (χ1) is 9.08. The second-order valence-corrected chi connectivity index (χ2v) is 5.22. The summed E-state index contributed by atoms with van der Waals surface area (Å²) in [5.41, 5.74) is 6.83. The summed E-state index contributed by atoms with van der Waals surface area (Å²) >= 11 is 11.8. The normalized spacial score (nSPS) is 12.6.